The van der Waals surface area contributed by atoms with Gasteiger partial charge in [0, 0.05) is 6.42 Å². The van der Waals surface area contributed by atoms with Crippen LogP contribution in [-0.4, -0.2) is 5.84 Å². The molecule has 0 aliphatic heterocycles. The average molecular weight is 332 g/mol. The van der Waals surface area contributed by atoms with Crippen LogP contribution in [-0.2, 0) is 6.42 Å². The molecule has 0 heterocycles. The minimum Gasteiger partial charge on any atom is -0.388 e. The number of nitrogens with zero attached hydrogens (tertiary/aromatic N) is 1. The SMILES string of the molecule is CC(C)Cc1ccc(C(C)C#N)cc1.CCC(=N)N.Cl.Cl. The third-order valence-corrected chi connectivity index (χ3v) is 2.70. The topological polar surface area (TPSA) is 73.7 Å². The monoisotopic (exact) mass is 331 g/mol. The van der Waals surface area contributed by atoms with Gasteiger partial charge in [-0.3, -0.25) is 5.41 Å². The highest BCUT2D eigenvalue weighted by Gasteiger charge is 2.03. The Balaban J connectivity index is -0.000000405. The van der Waals surface area contributed by atoms with Gasteiger partial charge in [0.25, 0.3) is 0 Å². The smallest absolute Gasteiger partial charge is 0.0902 e. The van der Waals surface area contributed by atoms with Gasteiger partial charge in [-0.25, -0.2) is 0 Å². The van der Waals surface area contributed by atoms with Gasteiger partial charge in [0.05, 0.1) is 17.8 Å². The average Bonchev–Trinajstić information content (AvgIpc) is 2.38. The lowest BCUT2D eigenvalue weighted by molar-refractivity contribution is 0.647. The predicted octanol–water partition coefficient (Wildman–Crippen LogP) is 4.69. The summed E-state index contributed by atoms with van der Waals surface area (Å²) in [5, 5.41) is 15.3. The van der Waals surface area contributed by atoms with E-state index in [-0.39, 0.29) is 36.6 Å². The quantitative estimate of drug-likeness (QED) is 0.620. The molecule has 3 N–H and O–H groups in total. The number of nitrogens with two attached hydrogens (primary N) is 1. The molecule has 0 fully saturated rings. The third kappa shape index (κ3) is 12.2. The maximum Gasteiger partial charge on any atom is 0.0902 e. The molecule has 1 atom stereocenters. The first-order chi connectivity index (χ1) is 8.90. The van der Waals surface area contributed by atoms with E-state index in [1.54, 1.807) is 0 Å². The van der Waals surface area contributed by atoms with Crippen LogP contribution in [0.25, 0.3) is 0 Å². The standard InChI is InChI=1S/C13H17N.C3H8N2.2ClH/c1-10(2)8-12-4-6-13(7-5-12)11(3)9-14;1-2-3(4)5;;/h4-7,10-11H,8H2,1-3H3;2H2,1H3,(H3,4,5);2*1H. The highest BCUT2D eigenvalue weighted by atomic mass is 35.5. The van der Waals surface area contributed by atoms with Crippen molar-refractivity contribution in [2.45, 2.75) is 46.5 Å². The van der Waals surface area contributed by atoms with Crippen LogP contribution in [0.1, 0.15) is 51.2 Å². The van der Waals surface area contributed by atoms with Crippen LogP contribution in [0.2, 0.25) is 0 Å². The van der Waals surface area contributed by atoms with Gasteiger partial charge in [0.1, 0.15) is 0 Å². The largest absolute Gasteiger partial charge is 0.388 e. The summed E-state index contributed by atoms with van der Waals surface area (Å²) in [6, 6.07) is 10.6. The minimum absolute atomic E-state index is 0. The molecule has 0 saturated heterocycles. The minimum atomic E-state index is 0. The summed E-state index contributed by atoms with van der Waals surface area (Å²) in [7, 11) is 0. The fourth-order valence-electron chi connectivity index (χ4n) is 1.49. The van der Waals surface area contributed by atoms with Crippen LogP contribution >= 0.6 is 24.8 Å². The van der Waals surface area contributed by atoms with Crippen LogP contribution < -0.4 is 5.73 Å². The van der Waals surface area contributed by atoms with E-state index in [0.29, 0.717) is 12.3 Å². The number of halogens is 2. The Kier molecular flexibility index (Phi) is 16.2. The van der Waals surface area contributed by atoms with Crippen molar-refractivity contribution < 1.29 is 0 Å². The van der Waals surface area contributed by atoms with Crippen LogP contribution in [0, 0.1) is 22.7 Å². The molecule has 1 aromatic carbocycles. The van der Waals surface area contributed by atoms with Gasteiger partial charge in [-0.05, 0) is 30.4 Å². The summed E-state index contributed by atoms with van der Waals surface area (Å²) in [6.45, 7) is 8.21. The lowest BCUT2D eigenvalue weighted by Gasteiger charge is -2.07. The zero-order valence-corrected chi connectivity index (χ0v) is 14.9. The lowest BCUT2D eigenvalue weighted by Crippen LogP contribution is -2.05. The fraction of sp³-hybridized carbons (Fsp3) is 0.500. The molecular weight excluding hydrogens is 305 g/mol. The molecule has 0 aliphatic carbocycles. The van der Waals surface area contributed by atoms with E-state index in [9.17, 15) is 0 Å². The summed E-state index contributed by atoms with van der Waals surface area (Å²) in [5.74, 6) is 0.947. The zero-order valence-electron chi connectivity index (χ0n) is 13.2. The van der Waals surface area contributed by atoms with Gasteiger partial charge in [0.15, 0.2) is 0 Å². The van der Waals surface area contributed by atoms with Crippen molar-refractivity contribution in [3.8, 4) is 6.07 Å². The molecule has 5 heteroatoms. The Morgan fingerprint density at radius 1 is 1.19 bits per heavy atom. The third-order valence-electron chi connectivity index (χ3n) is 2.70. The van der Waals surface area contributed by atoms with Crippen LogP contribution in [0.4, 0.5) is 0 Å². The van der Waals surface area contributed by atoms with Gasteiger partial charge < -0.3 is 5.73 Å². The molecular formula is C16H27Cl2N3. The fourth-order valence-corrected chi connectivity index (χ4v) is 1.49. The molecule has 0 radical (unpaired) electrons. The summed E-state index contributed by atoms with van der Waals surface area (Å²) in [6.07, 6.45) is 1.78. The summed E-state index contributed by atoms with van der Waals surface area (Å²) < 4.78 is 0. The molecule has 0 aliphatic rings. The highest BCUT2D eigenvalue weighted by Crippen LogP contribution is 2.16. The summed E-state index contributed by atoms with van der Waals surface area (Å²) >= 11 is 0. The highest BCUT2D eigenvalue weighted by molar-refractivity contribution is 5.85. The second-order valence-electron chi connectivity index (χ2n) is 5.07. The van der Waals surface area contributed by atoms with Gasteiger partial charge in [-0.2, -0.15) is 5.26 Å². The van der Waals surface area contributed by atoms with E-state index >= 15 is 0 Å². The van der Waals surface area contributed by atoms with Crippen LogP contribution in [0.5, 0.6) is 0 Å². The van der Waals surface area contributed by atoms with Gasteiger partial charge in [-0.1, -0.05) is 45.0 Å². The Hall–Kier alpha value is -1.24. The summed E-state index contributed by atoms with van der Waals surface area (Å²) in [4.78, 5) is 0. The number of nitriles is 1. The number of nitrogens with one attached hydrogen (secondary N) is 1. The molecule has 0 bridgehead atoms. The van der Waals surface area contributed by atoms with E-state index < -0.39 is 0 Å². The van der Waals surface area contributed by atoms with Gasteiger partial charge in [-0.15, -0.1) is 24.8 Å². The predicted molar refractivity (Wildman–Crippen MR) is 95.7 cm³/mol. The second kappa shape index (κ2) is 13.7. The second-order valence-corrected chi connectivity index (χ2v) is 5.07. The van der Waals surface area contributed by atoms with Crippen molar-refractivity contribution in [3.05, 3.63) is 35.4 Å². The molecule has 21 heavy (non-hydrogen) atoms. The summed E-state index contributed by atoms with van der Waals surface area (Å²) in [5.41, 5.74) is 7.34. The van der Waals surface area contributed by atoms with Crippen LogP contribution in [0.15, 0.2) is 24.3 Å². The van der Waals surface area contributed by atoms with Crippen molar-refractivity contribution in [2.75, 3.05) is 0 Å². The van der Waals surface area contributed by atoms with Crippen molar-refractivity contribution in [3.63, 3.8) is 0 Å². The molecule has 0 saturated carbocycles. The van der Waals surface area contributed by atoms with Crippen molar-refractivity contribution in [1.82, 2.24) is 0 Å². The van der Waals surface area contributed by atoms with E-state index in [1.807, 2.05) is 13.8 Å². The molecule has 0 spiro atoms. The van der Waals surface area contributed by atoms with E-state index in [1.165, 1.54) is 5.56 Å². The zero-order chi connectivity index (χ0) is 14.8. The molecule has 0 amide bonds. The molecule has 1 aromatic rings. The maximum absolute atomic E-state index is 8.75. The van der Waals surface area contributed by atoms with E-state index in [4.69, 9.17) is 16.4 Å². The normalized spacial score (nSPS) is 10.1. The van der Waals surface area contributed by atoms with Crippen molar-refractivity contribution in [1.29, 1.82) is 10.7 Å². The Morgan fingerprint density at radius 3 is 1.90 bits per heavy atom. The number of benzene rings is 1. The van der Waals surface area contributed by atoms with E-state index in [0.717, 1.165) is 12.0 Å². The maximum atomic E-state index is 8.75. The number of amidine groups is 1. The van der Waals surface area contributed by atoms with Crippen molar-refractivity contribution >= 4 is 30.6 Å². The first-order valence-corrected chi connectivity index (χ1v) is 6.72. The van der Waals surface area contributed by atoms with E-state index in [2.05, 4.69) is 44.2 Å². The first kappa shape index (κ1) is 24.8. The Morgan fingerprint density at radius 2 is 1.62 bits per heavy atom. The number of rotatable bonds is 4. The molecule has 3 nitrogen and oxygen atoms in total. The Bertz CT molecular complexity index is 422. The number of hydrogen-bond donors (Lipinski definition) is 2. The van der Waals surface area contributed by atoms with Crippen LogP contribution in [0.3, 0.4) is 0 Å². The molecule has 1 unspecified atom stereocenters. The first-order valence-electron chi connectivity index (χ1n) is 6.72. The Labute approximate surface area is 141 Å². The van der Waals surface area contributed by atoms with Crippen molar-refractivity contribution in [2.24, 2.45) is 11.7 Å². The van der Waals surface area contributed by atoms with Gasteiger partial charge in [0.2, 0.25) is 0 Å². The molecule has 120 valence electrons. The van der Waals surface area contributed by atoms with Gasteiger partial charge >= 0.3 is 0 Å². The molecule has 0 aromatic heterocycles. The lowest BCUT2D eigenvalue weighted by atomic mass is 9.98. The number of hydrogen-bond acceptors (Lipinski definition) is 2. The molecule has 1 rings (SSSR count).